The summed E-state index contributed by atoms with van der Waals surface area (Å²) in [6.45, 7) is 3.04. The minimum atomic E-state index is -0.520. The molecule has 0 saturated carbocycles. The van der Waals surface area contributed by atoms with Crippen molar-refractivity contribution < 1.29 is 9.53 Å². The first-order chi connectivity index (χ1) is 14.0. The molecule has 152 valence electrons. The van der Waals surface area contributed by atoms with E-state index < -0.39 is 11.2 Å². The van der Waals surface area contributed by atoms with Crippen molar-refractivity contribution in [3.63, 3.8) is 0 Å². The molecule has 0 fully saturated rings. The van der Waals surface area contributed by atoms with Crippen LogP contribution in [0, 0.1) is 6.92 Å². The normalized spacial score (nSPS) is 10.8. The molecule has 1 heterocycles. The Kier molecular flexibility index (Phi) is 6.72. The maximum atomic E-state index is 12.1. The minimum absolute atomic E-state index is 0.132. The molecule has 0 saturated heterocycles. The summed E-state index contributed by atoms with van der Waals surface area (Å²) in [5, 5.41) is 3.90. The van der Waals surface area contributed by atoms with E-state index >= 15 is 0 Å². The zero-order chi connectivity index (χ0) is 20.8. The van der Waals surface area contributed by atoms with Gasteiger partial charge < -0.3 is 10.1 Å². The van der Waals surface area contributed by atoms with Crippen molar-refractivity contribution in [2.45, 2.75) is 26.3 Å². The first kappa shape index (κ1) is 20.7. The van der Waals surface area contributed by atoms with E-state index in [-0.39, 0.29) is 18.9 Å². The van der Waals surface area contributed by atoms with E-state index in [9.17, 15) is 14.4 Å². The third kappa shape index (κ3) is 5.26. The first-order valence-electron chi connectivity index (χ1n) is 9.33. The Bertz CT molecular complexity index is 1140. The number of ether oxygens (including phenoxy) is 1. The molecule has 3 aromatic rings. The van der Waals surface area contributed by atoms with Gasteiger partial charge in [0, 0.05) is 24.5 Å². The molecule has 0 spiro atoms. The van der Waals surface area contributed by atoms with Crippen LogP contribution in [-0.2, 0) is 11.3 Å². The molecule has 0 aliphatic heterocycles. The van der Waals surface area contributed by atoms with Gasteiger partial charge in [-0.05, 0) is 49.2 Å². The quantitative estimate of drug-likeness (QED) is 0.553. The summed E-state index contributed by atoms with van der Waals surface area (Å²) in [6.07, 6.45) is 0.780. The van der Waals surface area contributed by atoms with Crippen LogP contribution in [0.4, 0.5) is 0 Å². The van der Waals surface area contributed by atoms with Gasteiger partial charge in [0.1, 0.15) is 5.75 Å². The zero-order valence-electron chi connectivity index (χ0n) is 16.0. The first-order valence-corrected chi connectivity index (χ1v) is 9.71. The number of carbonyl (C=O) groups excluding carboxylic acids is 1. The van der Waals surface area contributed by atoms with Crippen LogP contribution in [0.15, 0.2) is 52.1 Å². The SMILES string of the molecule is Cc1cc(Cl)ccc1OCCCNC(=O)CCn1c(=O)[nH]c(=O)c2ccccc21. The summed E-state index contributed by atoms with van der Waals surface area (Å²) < 4.78 is 7.09. The number of aryl methyl sites for hydroxylation is 2. The van der Waals surface area contributed by atoms with Crippen molar-refractivity contribution in [3.8, 4) is 5.75 Å². The number of nitrogens with zero attached hydrogens (tertiary/aromatic N) is 1. The topological polar surface area (TPSA) is 93.2 Å². The predicted octanol–water partition coefficient (Wildman–Crippen LogP) is 2.63. The van der Waals surface area contributed by atoms with Crippen molar-refractivity contribution in [2.24, 2.45) is 0 Å². The van der Waals surface area contributed by atoms with E-state index in [0.717, 1.165) is 11.3 Å². The van der Waals surface area contributed by atoms with Gasteiger partial charge in [-0.2, -0.15) is 0 Å². The maximum Gasteiger partial charge on any atom is 0.328 e. The van der Waals surface area contributed by atoms with Gasteiger partial charge in [-0.1, -0.05) is 23.7 Å². The molecule has 1 aromatic heterocycles. The number of benzene rings is 2. The maximum absolute atomic E-state index is 12.1. The molecule has 0 atom stereocenters. The lowest BCUT2D eigenvalue weighted by atomic mass is 10.2. The lowest BCUT2D eigenvalue weighted by Crippen LogP contribution is -2.33. The number of nitrogens with one attached hydrogen (secondary N) is 2. The third-order valence-electron chi connectivity index (χ3n) is 4.51. The molecule has 0 aliphatic carbocycles. The van der Waals surface area contributed by atoms with E-state index in [1.165, 1.54) is 4.57 Å². The number of H-pyrrole nitrogens is 1. The van der Waals surface area contributed by atoms with E-state index in [2.05, 4.69) is 10.3 Å². The Hall–Kier alpha value is -3.06. The minimum Gasteiger partial charge on any atom is -0.493 e. The second-order valence-corrected chi connectivity index (χ2v) is 7.08. The fourth-order valence-corrected chi connectivity index (χ4v) is 3.25. The molecule has 0 bridgehead atoms. The molecule has 3 rings (SSSR count). The van der Waals surface area contributed by atoms with Crippen LogP contribution in [0.1, 0.15) is 18.4 Å². The number of hydrogen-bond acceptors (Lipinski definition) is 4. The van der Waals surface area contributed by atoms with E-state index in [1.54, 1.807) is 30.3 Å². The molecule has 2 aromatic carbocycles. The summed E-state index contributed by atoms with van der Waals surface area (Å²) in [5.74, 6) is 0.597. The van der Waals surface area contributed by atoms with Crippen molar-refractivity contribution in [1.82, 2.24) is 14.9 Å². The molecule has 0 aliphatic rings. The van der Waals surface area contributed by atoms with E-state index in [4.69, 9.17) is 16.3 Å². The number of aromatic nitrogens is 2. The van der Waals surface area contributed by atoms with Crippen molar-refractivity contribution in [2.75, 3.05) is 13.2 Å². The molecule has 0 radical (unpaired) electrons. The molecule has 7 nitrogen and oxygen atoms in total. The Morgan fingerprint density at radius 2 is 2.00 bits per heavy atom. The molecular formula is C21H22ClN3O4. The van der Waals surface area contributed by atoms with Crippen LogP contribution in [0.2, 0.25) is 5.02 Å². The number of aromatic amines is 1. The molecule has 1 amide bonds. The van der Waals surface area contributed by atoms with E-state index in [1.807, 2.05) is 19.1 Å². The Labute approximate surface area is 172 Å². The van der Waals surface area contributed by atoms with Crippen LogP contribution in [0.5, 0.6) is 5.75 Å². The fraction of sp³-hybridized carbons (Fsp3) is 0.286. The Morgan fingerprint density at radius 1 is 1.21 bits per heavy atom. The van der Waals surface area contributed by atoms with Gasteiger partial charge in [0.05, 0.1) is 17.5 Å². The molecular weight excluding hydrogens is 394 g/mol. The number of rotatable bonds is 8. The Morgan fingerprint density at radius 3 is 2.79 bits per heavy atom. The zero-order valence-corrected chi connectivity index (χ0v) is 16.8. The number of hydrogen-bond donors (Lipinski definition) is 2. The number of halogens is 1. The standard InChI is InChI=1S/C21H22ClN3O4/c1-14-13-15(22)7-8-18(14)29-12-4-10-23-19(26)9-11-25-17-6-3-2-5-16(17)20(27)24-21(25)28/h2-3,5-8,13H,4,9-12H2,1H3,(H,23,26)(H,24,27,28). The smallest absolute Gasteiger partial charge is 0.328 e. The summed E-state index contributed by atoms with van der Waals surface area (Å²) in [6, 6.07) is 12.2. The Balaban J connectivity index is 1.47. The monoisotopic (exact) mass is 415 g/mol. The molecule has 29 heavy (non-hydrogen) atoms. The average molecular weight is 416 g/mol. The van der Waals surface area contributed by atoms with Gasteiger partial charge in [-0.25, -0.2) is 4.79 Å². The fourth-order valence-electron chi connectivity index (χ4n) is 3.02. The highest BCUT2D eigenvalue weighted by molar-refractivity contribution is 6.30. The summed E-state index contributed by atoms with van der Waals surface area (Å²) >= 11 is 5.92. The lowest BCUT2D eigenvalue weighted by molar-refractivity contribution is -0.121. The summed E-state index contributed by atoms with van der Waals surface area (Å²) in [4.78, 5) is 38.4. The highest BCUT2D eigenvalue weighted by Crippen LogP contribution is 2.21. The molecule has 2 N–H and O–H groups in total. The van der Waals surface area contributed by atoms with Crippen LogP contribution in [-0.4, -0.2) is 28.6 Å². The molecule has 8 heteroatoms. The molecule has 0 unspecified atom stereocenters. The van der Waals surface area contributed by atoms with E-state index in [0.29, 0.717) is 35.5 Å². The highest BCUT2D eigenvalue weighted by Gasteiger charge is 2.09. The van der Waals surface area contributed by atoms with Crippen LogP contribution >= 0.6 is 11.6 Å². The number of para-hydroxylation sites is 1. The van der Waals surface area contributed by atoms with Crippen LogP contribution in [0.3, 0.4) is 0 Å². The van der Waals surface area contributed by atoms with Crippen molar-refractivity contribution in [3.05, 3.63) is 73.9 Å². The van der Waals surface area contributed by atoms with Gasteiger partial charge in [-0.15, -0.1) is 0 Å². The van der Waals surface area contributed by atoms with Gasteiger partial charge in [-0.3, -0.25) is 19.1 Å². The van der Waals surface area contributed by atoms with Crippen molar-refractivity contribution in [1.29, 1.82) is 0 Å². The summed E-state index contributed by atoms with van der Waals surface area (Å²) in [5.41, 5.74) is 0.524. The van der Waals surface area contributed by atoms with Crippen molar-refractivity contribution >= 4 is 28.4 Å². The average Bonchev–Trinajstić information content (AvgIpc) is 2.69. The van der Waals surface area contributed by atoms with Crippen LogP contribution < -0.4 is 21.3 Å². The predicted molar refractivity (Wildman–Crippen MR) is 113 cm³/mol. The number of amides is 1. The van der Waals surface area contributed by atoms with Gasteiger partial charge in [0.25, 0.3) is 5.56 Å². The second kappa shape index (κ2) is 9.43. The van der Waals surface area contributed by atoms with Gasteiger partial charge in [0.15, 0.2) is 0 Å². The second-order valence-electron chi connectivity index (χ2n) is 6.64. The lowest BCUT2D eigenvalue weighted by Gasteiger charge is -2.11. The largest absolute Gasteiger partial charge is 0.493 e. The van der Waals surface area contributed by atoms with Crippen LogP contribution in [0.25, 0.3) is 10.9 Å². The van der Waals surface area contributed by atoms with Gasteiger partial charge in [0.2, 0.25) is 5.91 Å². The summed E-state index contributed by atoms with van der Waals surface area (Å²) in [7, 11) is 0. The third-order valence-corrected chi connectivity index (χ3v) is 4.74. The highest BCUT2D eigenvalue weighted by atomic mass is 35.5. The number of carbonyl (C=O) groups is 1. The number of fused-ring (bicyclic) bond motifs is 1. The van der Waals surface area contributed by atoms with Gasteiger partial charge >= 0.3 is 5.69 Å².